The molecule has 2 aromatic heterocycles. The molecule has 1 fully saturated rings. The number of para-hydroxylation sites is 1. The first kappa shape index (κ1) is 26.1. The molecule has 0 N–H and O–H groups in total. The maximum absolute atomic E-state index is 13.8. The van der Waals surface area contributed by atoms with Crippen molar-refractivity contribution in [2.75, 3.05) is 32.2 Å². The highest BCUT2D eigenvalue weighted by atomic mass is 16.5. The Labute approximate surface area is 235 Å². The van der Waals surface area contributed by atoms with Crippen LogP contribution in [0.2, 0.25) is 0 Å². The number of hydrogen-bond donors (Lipinski definition) is 0. The van der Waals surface area contributed by atoms with Crippen molar-refractivity contribution in [2.45, 2.75) is 19.4 Å². The third-order valence-corrected chi connectivity index (χ3v) is 7.75. The lowest BCUT2D eigenvalue weighted by Gasteiger charge is -2.33. The van der Waals surface area contributed by atoms with Gasteiger partial charge in [-0.15, -0.1) is 0 Å². The molecule has 0 saturated carbocycles. The Balaban J connectivity index is 1.31. The Kier molecular flexibility index (Phi) is 6.85. The van der Waals surface area contributed by atoms with Gasteiger partial charge in [-0.25, -0.2) is 14.8 Å². The minimum absolute atomic E-state index is 0.124. The molecular weight excluding hydrogens is 520 g/mol. The molecule has 1 aliphatic rings. The van der Waals surface area contributed by atoms with Gasteiger partial charge in [0, 0.05) is 31.1 Å². The average Bonchev–Trinajstić information content (AvgIpc) is 3.02. The molecule has 10 nitrogen and oxygen atoms in total. The molecule has 0 radical (unpaired) electrons. The van der Waals surface area contributed by atoms with Gasteiger partial charge in [-0.2, -0.15) is 5.26 Å². The fraction of sp³-hybridized carbons (Fsp3) is 0.258. The van der Waals surface area contributed by atoms with E-state index in [2.05, 4.69) is 20.9 Å². The van der Waals surface area contributed by atoms with Crippen molar-refractivity contribution < 1.29 is 9.47 Å². The van der Waals surface area contributed by atoms with Crippen LogP contribution in [0.15, 0.2) is 76.6 Å². The van der Waals surface area contributed by atoms with Gasteiger partial charge in [0.05, 0.1) is 48.0 Å². The van der Waals surface area contributed by atoms with Crippen LogP contribution in [0.3, 0.4) is 0 Å². The molecule has 1 saturated heterocycles. The zero-order valence-corrected chi connectivity index (χ0v) is 22.8. The van der Waals surface area contributed by atoms with Crippen molar-refractivity contribution >= 4 is 27.6 Å². The van der Waals surface area contributed by atoms with Crippen molar-refractivity contribution in [3.05, 3.63) is 93.4 Å². The monoisotopic (exact) mass is 548 g/mol. The smallest absolute Gasteiger partial charge is 0.336 e. The van der Waals surface area contributed by atoms with Crippen LogP contribution >= 0.6 is 0 Å². The number of methoxy groups -OCH3 is 2. The second-order valence-corrected chi connectivity index (χ2v) is 10.1. The van der Waals surface area contributed by atoms with E-state index in [0.717, 1.165) is 29.6 Å². The summed E-state index contributed by atoms with van der Waals surface area (Å²) < 4.78 is 13.8. The van der Waals surface area contributed by atoms with Gasteiger partial charge in [-0.1, -0.05) is 18.2 Å². The van der Waals surface area contributed by atoms with Gasteiger partial charge in [-0.05, 0) is 55.2 Å². The van der Waals surface area contributed by atoms with Crippen LogP contribution in [0, 0.1) is 17.2 Å². The average molecular weight is 549 g/mol. The summed E-state index contributed by atoms with van der Waals surface area (Å²) in [5.41, 5.74) is 1.57. The molecule has 0 spiro atoms. The van der Waals surface area contributed by atoms with Gasteiger partial charge in [0.1, 0.15) is 12.1 Å². The first-order chi connectivity index (χ1) is 20.0. The molecular formula is C31H28N6O4. The molecule has 206 valence electrons. The molecule has 3 aromatic carbocycles. The number of benzene rings is 3. The zero-order valence-electron chi connectivity index (χ0n) is 22.8. The number of nitrogens with zero attached hydrogens (tertiary/aromatic N) is 6. The van der Waals surface area contributed by atoms with Crippen LogP contribution in [0.1, 0.15) is 18.4 Å². The van der Waals surface area contributed by atoms with E-state index in [1.165, 1.54) is 9.13 Å². The maximum Gasteiger partial charge on any atom is 0.336 e. The van der Waals surface area contributed by atoms with Gasteiger partial charge in [0.25, 0.3) is 5.56 Å². The summed E-state index contributed by atoms with van der Waals surface area (Å²) in [7, 11) is 3.19. The summed E-state index contributed by atoms with van der Waals surface area (Å²) in [5, 5.41) is 10.7. The van der Waals surface area contributed by atoms with Gasteiger partial charge < -0.3 is 14.4 Å². The molecule has 0 amide bonds. The van der Waals surface area contributed by atoms with Crippen molar-refractivity contribution in [1.82, 2.24) is 19.1 Å². The third-order valence-electron chi connectivity index (χ3n) is 7.75. The van der Waals surface area contributed by atoms with E-state index < -0.39 is 5.69 Å². The van der Waals surface area contributed by atoms with E-state index in [0.29, 0.717) is 53.3 Å². The third kappa shape index (κ3) is 4.65. The number of hydrogen-bond acceptors (Lipinski definition) is 8. The lowest BCUT2D eigenvalue weighted by Crippen LogP contribution is -2.43. The van der Waals surface area contributed by atoms with E-state index >= 15 is 0 Å². The van der Waals surface area contributed by atoms with Gasteiger partial charge >= 0.3 is 5.69 Å². The van der Waals surface area contributed by atoms with Crippen LogP contribution < -0.4 is 25.6 Å². The molecule has 0 aliphatic carbocycles. The summed E-state index contributed by atoms with van der Waals surface area (Å²) in [5.74, 6) is 2.16. The number of anilines is 1. The number of piperidine rings is 1. The van der Waals surface area contributed by atoms with Gasteiger partial charge in [0.2, 0.25) is 0 Å². The van der Waals surface area contributed by atoms with Crippen molar-refractivity contribution in [3.63, 3.8) is 0 Å². The normalized spacial score (nSPS) is 13.8. The highest BCUT2D eigenvalue weighted by Crippen LogP contribution is 2.35. The van der Waals surface area contributed by atoms with Crippen LogP contribution in [0.25, 0.3) is 27.5 Å². The number of rotatable bonds is 6. The summed E-state index contributed by atoms with van der Waals surface area (Å²) in [4.78, 5) is 38.5. The Morgan fingerprint density at radius 3 is 2.44 bits per heavy atom. The minimum Gasteiger partial charge on any atom is -0.493 e. The lowest BCUT2D eigenvalue weighted by atomic mass is 9.96. The van der Waals surface area contributed by atoms with E-state index in [9.17, 15) is 14.9 Å². The summed E-state index contributed by atoms with van der Waals surface area (Å²) in [6.07, 6.45) is 3.11. The highest BCUT2D eigenvalue weighted by Gasteiger charge is 2.25. The van der Waals surface area contributed by atoms with Gasteiger partial charge in [0.15, 0.2) is 11.5 Å². The Morgan fingerprint density at radius 1 is 0.927 bits per heavy atom. The molecule has 0 unspecified atom stereocenters. The predicted molar refractivity (Wildman–Crippen MR) is 156 cm³/mol. The molecule has 0 bridgehead atoms. The molecule has 5 aromatic rings. The molecule has 1 aliphatic heterocycles. The quantitative estimate of drug-likeness (QED) is 0.314. The van der Waals surface area contributed by atoms with Crippen molar-refractivity contribution in [2.24, 2.45) is 5.92 Å². The zero-order chi connectivity index (χ0) is 28.5. The minimum atomic E-state index is -0.408. The predicted octanol–water partition coefficient (Wildman–Crippen LogP) is 3.90. The topological polar surface area (TPSA) is 115 Å². The standard InChI is InChI=1S/C31H28N6O4/c1-40-27-15-24-25(16-28(27)41-2)33-19-34-29(24)35-12-10-20(11-13-35)18-36-30(38)23-8-3-4-9-26(23)37(31(36)39)22-7-5-6-21(14-22)17-32/h3-9,14-16,19-20H,10-13,18H2,1-2H3. The van der Waals surface area contributed by atoms with E-state index in [1.54, 1.807) is 69.1 Å². The number of nitriles is 1. The Hall–Kier alpha value is -5.17. The van der Waals surface area contributed by atoms with E-state index in [4.69, 9.17) is 9.47 Å². The first-order valence-electron chi connectivity index (χ1n) is 13.4. The molecule has 41 heavy (non-hydrogen) atoms. The van der Waals surface area contributed by atoms with Gasteiger partial charge in [-0.3, -0.25) is 13.9 Å². The Bertz CT molecular complexity index is 1930. The second-order valence-electron chi connectivity index (χ2n) is 10.1. The van der Waals surface area contributed by atoms with Crippen molar-refractivity contribution in [3.8, 4) is 23.3 Å². The fourth-order valence-electron chi connectivity index (χ4n) is 5.64. The largest absolute Gasteiger partial charge is 0.493 e. The van der Waals surface area contributed by atoms with Crippen molar-refractivity contribution in [1.29, 1.82) is 5.26 Å². The van der Waals surface area contributed by atoms with E-state index in [-0.39, 0.29) is 11.5 Å². The van der Waals surface area contributed by atoms with E-state index in [1.807, 2.05) is 12.1 Å². The maximum atomic E-state index is 13.8. The summed E-state index contributed by atoms with van der Waals surface area (Å²) in [6.45, 7) is 1.74. The molecule has 3 heterocycles. The Morgan fingerprint density at radius 2 is 1.68 bits per heavy atom. The number of fused-ring (bicyclic) bond motifs is 2. The van der Waals surface area contributed by atoms with Crippen LogP contribution in [0.5, 0.6) is 11.5 Å². The van der Waals surface area contributed by atoms with Crippen LogP contribution in [-0.4, -0.2) is 46.4 Å². The fourth-order valence-corrected chi connectivity index (χ4v) is 5.64. The number of aromatic nitrogens is 4. The lowest BCUT2D eigenvalue weighted by molar-refractivity contribution is 0.345. The SMILES string of the molecule is COc1cc2ncnc(N3CCC(Cn4c(=O)c5ccccc5n(-c5cccc(C#N)c5)c4=O)CC3)c2cc1OC. The van der Waals surface area contributed by atoms with Crippen LogP contribution in [0.4, 0.5) is 5.82 Å². The van der Waals surface area contributed by atoms with Crippen LogP contribution in [-0.2, 0) is 6.54 Å². The highest BCUT2D eigenvalue weighted by molar-refractivity contribution is 5.92. The molecule has 6 rings (SSSR count). The number of ether oxygens (including phenoxy) is 2. The summed E-state index contributed by atoms with van der Waals surface area (Å²) in [6, 6.07) is 19.8. The molecule has 0 atom stereocenters. The second kappa shape index (κ2) is 10.8. The summed E-state index contributed by atoms with van der Waals surface area (Å²) >= 11 is 0. The molecule has 10 heteroatoms. The first-order valence-corrected chi connectivity index (χ1v) is 13.4.